The van der Waals surface area contributed by atoms with Crippen molar-refractivity contribution in [3.63, 3.8) is 0 Å². The highest BCUT2D eigenvalue weighted by molar-refractivity contribution is 6.00. The lowest BCUT2D eigenvalue weighted by molar-refractivity contribution is -0.688. The second kappa shape index (κ2) is 16.0. The number of rotatable bonds is 12. The molecule has 0 bridgehead atoms. The normalized spacial score (nSPS) is 11.0. The summed E-state index contributed by atoms with van der Waals surface area (Å²) >= 11 is 0. The van der Waals surface area contributed by atoms with Crippen LogP contribution in [0.15, 0.2) is 73.3 Å². The van der Waals surface area contributed by atoms with Crippen molar-refractivity contribution in [2.45, 2.75) is 81.3 Å². The molecule has 8 heteroatoms. The lowest BCUT2D eigenvalue weighted by Crippen LogP contribution is -2.34. The molecule has 0 fully saturated rings. The van der Waals surface area contributed by atoms with E-state index in [1.165, 1.54) is 11.1 Å². The van der Waals surface area contributed by atoms with Crippen molar-refractivity contribution in [1.82, 2.24) is 9.97 Å². The molecule has 4 aromatic heterocycles. The molecule has 258 valence electrons. The first-order chi connectivity index (χ1) is 24.1. The summed E-state index contributed by atoms with van der Waals surface area (Å²) in [6, 6.07) is 16.9. The lowest BCUT2D eigenvalue weighted by Gasteiger charge is -2.17. The molecule has 0 spiro atoms. The first-order valence-electron chi connectivity index (χ1n) is 17.5. The van der Waals surface area contributed by atoms with Gasteiger partial charge in [-0.25, -0.2) is 18.7 Å². The molecule has 0 radical (unpaired) electrons. The fourth-order valence-electron chi connectivity index (χ4n) is 6.81. The van der Waals surface area contributed by atoms with Crippen molar-refractivity contribution in [3.8, 4) is 22.3 Å². The lowest BCUT2D eigenvalue weighted by atomic mass is 9.92. The molecule has 5 aromatic rings. The van der Waals surface area contributed by atoms with Crippen molar-refractivity contribution < 1.29 is 28.2 Å². The van der Waals surface area contributed by atoms with Gasteiger partial charge in [-0.2, -0.15) is 0 Å². The Morgan fingerprint density at radius 1 is 0.540 bits per heavy atom. The molecule has 0 N–H and O–H groups in total. The van der Waals surface area contributed by atoms with Gasteiger partial charge in [-0.15, -0.1) is 0 Å². The average Bonchev–Trinajstić information content (AvgIpc) is 3.09. The maximum absolute atomic E-state index is 13.0. The van der Waals surface area contributed by atoms with Gasteiger partial charge in [0.1, 0.15) is 0 Å². The molecule has 8 nitrogen and oxygen atoms in total. The zero-order valence-corrected chi connectivity index (χ0v) is 30.6. The molecule has 1 aromatic carbocycles. The third-order valence-corrected chi connectivity index (χ3v) is 9.15. The van der Waals surface area contributed by atoms with E-state index < -0.39 is 0 Å². The number of ether oxygens (including phenoxy) is 2. The maximum atomic E-state index is 13.0. The molecule has 0 amide bonds. The first-order valence-corrected chi connectivity index (χ1v) is 17.5. The molecular weight excluding hydrogens is 624 g/mol. The van der Waals surface area contributed by atoms with Crippen LogP contribution in [0.2, 0.25) is 0 Å². The maximum Gasteiger partial charge on any atom is 0.340 e. The van der Waals surface area contributed by atoms with Crippen molar-refractivity contribution in [2.75, 3.05) is 13.2 Å². The Kier molecular flexibility index (Phi) is 11.5. The second-order valence-electron chi connectivity index (χ2n) is 12.5. The fraction of sp³-hybridized carbons (Fsp3) is 0.333. The van der Waals surface area contributed by atoms with Crippen molar-refractivity contribution in [1.29, 1.82) is 0 Å². The van der Waals surface area contributed by atoms with E-state index in [-0.39, 0.29) is 11.9 Å². The summed E-state index contributed by atoms with van der Waals surface area (Å²) in [5.41, 5.74) is 12.6. The Hall–Kier alpha value is -5.24. The van der Waals surface area contributed by atoms with Gasteiger partial charge in [0.25, 0.3) is 0 Å². The smallest absolute Gasteiger partial charge is 0.340 e. The quantitative estimate of drug-likeness (QED) is 0.103. The zero-order valence-electron chi connectivity index (χ0n) is 30.6. The van der Waals surface area contributed by atoms with E-state index in [1.807, 2.05) is 41.5 Å². The molecular formula is C42H48N4O4+2. The first kappa shape index (κ1) is 36.1. The van der Waals surface area contributed by atoms with Gasteiger partial charge in [0.2, 0.25) is 0 Å². The van der Waals surface area contributed by atoms with E-state index in [2.05, 4.69) is 106 Å². The third kappa shape index (κ3) is 7.65. The van der Waals surface area contributed by atoms with Crippen LogP contribution in [0, 0.1) is 27.7 Å². The highest BCUT2D eigenvalue weighted by Crippen LogP contribution is 2.33. The number of carbonyl (C=O) groups excluding carboxylic acids is 2. The molecule has 0 aliphatic carbocycles. The predicted octanol–water partition coefficient (Wildman–Crippen LogP) is 7.19. The summed E-state index contributed by atoms with van der Waals surface area (Å²) in [6.45, 7) is 17.6. The fourth-order valence-corrected chi connectivity index (χ4v) is 6.81. The topological polar surface area (TPSA) is 86.1 Å². The number of benzene rings is 1. The molecule has 0 saturated heterocycles. The van der Waals surface area contributed by atoms with Crippen molar-refractivity contribution in [3.05, 3.63) is 129 Å². The molecule has 0 aliphatic heterocycles. The summed E-state index contributed by atoms with van der Waals surface area (Å²) in [5.74, 6) is -0.665. The van der Waals surface area contributed by atoms with Gasteiger partial charge in [0, 0.05) is 57.9 Å². The number of pyridine rings is 4. The number of aromatic nitrogens is 4. The molecule has 0 saturated carbocycles. The third-order valence-electron chi connectivity index (χ3n) is 9.15. The average molecular weight is 673 g/mol. The van der Waals surface area contributed by atoms with E-state index in [1.54, 1.807) is 0 Å². The Bertz CT molecular complexity index is 1860. The minimum absolute atomic E-state index is 0.316. The van der Waals surface area contributed by atoms with Crippen LogP contribution in [0.3, 0.4) is 0 Å². The highest BCUT2D eigenvalue weighted by atomic mass is 16.5. The van der Waals surface area contributed by atoms with Crippen LogP contribution in [-0.2, 0) is 35.4 Å². The largest absolute Gasteiger partial charge is 0.462 e. The van der Waals surface area contributed by atoms with Crippen molar-refractivity contribution in [2.24, 2.45) is 0 Å². The number of carbonyl (C=O) groups is 2. The van der Waals surface area contributed by atoms with E-state index in [9.17, 15) is 9.59 Å². The standard InChI is InChI=1S/C42H48N4O4/c1-9-35-27(5)43-29(7)37(41(47)49-11-3)39(35)33-17-21-45(22-18-33)25-31-13-15-32(16-14-31)26-46-23-19-34(20-24-46)40-36(10-2)28(6)44-30(8)38(40)42(48)50-12-4/h13-24H,9-12,25-26H2,1-8H3/q+2. The monoisotopic (exact) mass is 672 g/mol. The van der Waals surface area contributed by atoms with Crippen LogP contribution < -0.4 is 9.13 Å². The van der Waals surface area contributed by atoms with E-state index >= 15 is 0 Å². The number of nitrogens with zero attached hydrogens (tertiary/aromatic N) is 4. The van der Waals surface area contributed by atoms with Gasteiger partial charge in [-0.1, -0.05) is 38.1 Å². The number of hydrogen-bond donors (Lipinski definition) is 0. The zero-order chi connectivity index (χ0) is 35.9. The van der Waals surface area contributed by atoms with Gasteiger partial charge >= 0.3 is 11.9 Å². The molecule has 5 rings (SSSR count). The number of aryl methyl sites for hydroxylation is 4. The molecule has 0 aliphatic rings. The van der Waals surface area contributed by atoms with Crippen LogP contribution in [-0.4, -0.2) is 35.1 Å². The summed E-state index contributed by atoms with van der Waals surface area (Å²) in [7, 11) is 0. The second-order valence-corrected chi connectivity index (χ2v) is 12.5. The summed E-state index contributed by atoms with van der Waals surface area (Å²) in [5, 5.41) is 0. The number of hydrogen-bond acceptors (Lipinski definition) is 6. The van der Waals surface area contributed by atoms with Crippen LogP contribution in [0.4, 0.5) is 0 Å². The Balaban J connectivity index is 1.32. The molecule has 0 unspecified atom stereocenters. The van der Waals surface area contributed by atoms with Crippen LogP contribution in [0.1, 0.15) is 93.4 Å². The van der Waals surface area contributed by atoms with E-state index in [0.717, 1.165) is 70.7 Å². The Morgan fingerprint density at radius 2 is 0.880 bits per heavy atom. The van der Waals surface area contributed by atoms with E-state index in [4.69, 9.17) is 9.47 Å². The Morgan fingerprint density at radius 3 is 1.18 bits per heavy atom. The van der Waals surface area contributed by atoms with Gasteiger partial charge in [-0.3, -0.25) is 9.97 Å². The molecule has 50 heavy (non-hydrogen) atoms. The summed E-state index contributed by atoms with van der Waals surface area (Å²) in [4.78, 5) is 35.3. The summed E-state index contributed by atoms with van der Waals surface area (Å²) < 4.78 is 15.1. The highest BCUT2D eigenvalue weighted by Gasteiger charge is 2.25. The molecule has 4 heterocycles. The van der Waals surface area contributed by atoms with E-state index in [0.29, 0.717) is 35.7 Å². The van der Waals surface area contributed by atoms with Gasteiger partial charge in [0.15, 0.2) is 37.9 Å². The van der Waals surface area contributed by atoms with Crippen LogP contribution in [0.25, 0.3) is 22.3 Å². The van der Waals surface area contributed by atoms with Gasteiger partial charge in [-0.05, 0) is 76.6 Å². The minimum atomic E-state index is -0.333. The SMILES string of the molecule is CCOC(=O)c1c(C)nc(C)c(CC)c1-c1cc[n+](Cc2ccc(C[n+]3ccc(-c4c(CC)c(C)nc(C)c4C(=O)OCC)cc3)cc2)cc1. The minimum Gasteiger partial charge on any atom is -0.462 e. The van der Waals surface area contributed by atoms with Crippen LogP contribution in [0.5, 0.6) is 0 Å². The number of esters is 2. The van der Waals surface area contributed by atoms with Crippen molar-refractivity contribution >= 4 is 11.9 Å². The predicted molar refractivity (Wildman–Crippen MR) is 194 cm³/mol. The van der Waals surface area contributed by atoms with Gasteiger partial charge < -0.3 is 9.47 Å². The Labute approximate surface area is 295 Å². The van der Waals surface area contributed by atoms with Gasteiger partial charge in [0.05, 0.1) is 35.7 Å². The summed E-state index contributed by atoms with van der Waals surface area (Å²) in [6.07, 6.45) is 9.77. The molecule has 0 atom stereocenters. The van der Waals surface area contributed by atoms with Crippen LogP contribution >= 0.6 is 0 Å².